The van der Waals surface area contributed by atoms with Crippen LogP contribution in [0.5, 0.6) is 5.75 Å². The number of rotatable bonds is 7. The van der Waals surface area contributed by atoms with Crippen molar-refractivity contribution >= 4 is 17.5 Å². The number of amides is 1. The summed E-state index contributed by atoms with van der Waals surface area (Å²) in [6.07, 6.45) is 1.51. The van der Waals surface area contributed by atoms with Gasteiger partial charge in [0, 0.05) is 23.7 Å². The van der Waals surface area contributed by atoms with Crippen LogP contribution in [0.25, 0.3) is 0 Å². The van der Waals surface area contributed by atoms with E-state index in [1.54, 1.807) is 0 Å². The first-order chi connectivity index (χ1) is 13.0. The van der Waals surface area contributed by atoms with E-state index in [2.05, 4.69) is 0 Å². The third-order valence-electron chi connectivity index (χ3n) is 5.31. The lowest BCUT2D eigenvalue weighted by Crippen LogP contribution is -2.55. The zero-order chi connectivity index (χ0) is 21.1. The SMILES string of the molecule is Cc1cc(OCC2(O)CCCN(CC(=O)N(C(C)C)C(C)C)C2)cc(C)c1Cl. The maximum absolute atomic E-state index is 12.8. The van der Waals surface area contributed by atoms with Gasteiger partial charge in [-0.15, -0.1) is 0 Å². The molecule has 1 saturated heterocycles. The second-order valence-corrected chi connectivity index (χ2v) is 9.06. The molecule has 0 spiro atoms. The van der Waals surface area contributed by atoms with Crippen molar-refractivity contribution in [3.63, 3.8) is 0 Å². The van der Waals surface area contributed by atoms with Gasteiger partial charge in [-0.2, -0.15) is 0 Å². The van der Waals surface area contributed by atoms with Crippen molar-refractivity contribution in [1.82, 2.24) is 9.80 Å². The van der Waals surface area contributed by atoms with Crippen molar-refractivity contribution in [3.8, 4) is 5.75 Å². The first-order valence-corrected chi connectivity index (χ1v) is 10.6. The number of hydrogen-bond acceptors (Lipinski definition) is 4. The Labute approximate surface area is 174 Å². The van der Waals surface area contributed by atoms with E-state index >= 15 is 0 Å². The summed E-state index contributed by atoms with van der Waals surface area (Å²) in [7, 11) is 0. The summed E-state index contributed by atoms with van der Waals surface area (Å²) in [6.45, 7) is 13.8. The molecule has 1 aliphatic heterocycles. The summed E-state index contributed by atoms with van der Waals surface area (Å²) in [6, 6.07) is 4.12. The van der Waals surface area contributed by atoms with Crippen LogP contribution in [-0.2, 0) is 4.79 Å². The molecular formula is C22H35ClN2O3. The molecule has 2 rings (SSSR count). The number of benzene rings is 1. The number of nitrogens with zero attached hydrogens (tertiary/aromatic N) is 2. The van der Waals surface area contributed by atoms with Crippen LogP contribution in [0.3, 0.4) is 0 Å². The zero-order valence-electron chi connectivity index (χ0n) is 18.1. The molecule has 1 heterocycles. The predicted molar refractivity (Wildman–Crippen MR) is 114 cm³/mol. The zero-order valence-corrected chi connectivity index (χ0v) is 18.8. The molecule has 0 aromatic heterocycles. The molecule has 1 unspecified atom stereocenters. The van der Waals surface area contributed by atoms with Crippen LogP contribution >= 0.6 is 11.6 Å². The van der Waals surface area contributed by atoms with E-state index in [9.17, 15) is 9.90 Å². The molecule has 1 amide bonds. The summed E-state index contributed by atoms with van der Waals surface area (Å²) in [5, 5.41) is 11.8. The number of ether oxygens (including phenoxy) is 1. The fraction of sp³-hybridized carbons (Fsp3) is 0.682. The third-order valence-corrected chi connectivity index (χ3v) is 5.91. The molecule has 158 valence electrons. The Balaban J connectivity index is 1.98. The van der Waals surface area contributed by atoms with Crippen LogP contribution < -0.4 is 4.74 Å². The van der Waals surface area contributed by atoms with Gasteiger partial charge < -0.3 is 14.7 Å². The number of carbonyl (C=O) groups is 1. The smallest absolute Gasteiger partial charge is 0.237 e. The summed E-state index contributed by atoms with van der Waals surface area (Å²) < 4.78 is 5.91. The van der Waals surface area contributed by atoms with Crippen molar-refractivity contribution in [2.45, 2.75) is 72.1 Å². The molecule has 1 aliphatic rings. The maximum Gasteiger partial charge on any atom is 0.237 e. The van der Waals surface area contributed by atoms with Crippen LogP contribution in [0.2, 0.25) is 5.02 Å². The van der Waals surface area contributed by atoms with Gasteiger partial charge in [0.05, 0.1) is 6.54 Å². The van der Waals surface area contributed by atoms with E-state index in [-0.39, 0.29) is 24.6 Å². The molecule has 0 aliphatic carbocycles. The van der Waals surface area contributed by atoms with Crippen molar-refractivity contribution in [2.24, 2.45) is 0 Å². The summed E-state index contributed by atoms with van der Waals surface area (Å²) in [5.74, 6) is 0.825. The minimum atomic E-state index is -0.958. The number of halogens is 1. The molecule has 28 heavy (non-hydrogen) atoms. The fourth-order valence-electron chi connectivity index (χ4n) is 4.11. The number of piperidine rings is 1. The van der Waals surface area contributed by atoms with E-state index in [0.29, 0.717) is 25.3 Å². The molecule has 0 radical (unpaired) electrons. The van der Waals surface area contributed by atoms with Crippen molar-refractivity contribution in [2.75, 3.05) is 26.2 Å². The van der Waals surface area contributed by atoms with Crippen LogP contribution in [0.15, 0.2) is 12.1 Å². The molecule has 1 aromatic carbocycles. The van der Waals surface area contributed by atoms with Crippen molar-refractivity contribution in [3.05, 3.63) is 28.3 Å². The van der Waals surface area contributed by atoms with Crippen LogP contribution in [0.1, 0.15) is 51.7 Å². The highest BCUT2D eigenvalue weighted by molar-refractivity contribution is 6.32. The molecular weight excluding hydrogens is 376 g/mol. The number of β-amino-alcohol motifs (C(OH)–C–C–N with tert-alkyl or cyclic N) is 1. The minimum Gasteiger partial charge on any atom is -0.491 e. The van der Waals surface area contributed by atoms with Crippen LogP contribution in [-0.4, -0.2) is 64.7 Å². The highest BCUT2D eigenvalue weighted by Gasteiger charge is 2.35. The lowest BCUT2D eigenvalue weighted by Gasteiger charge is -2.40. The Bertz CT molecular complexity index is 661. The van der Waals surface area contributed by atoms with E-state index in [4.69, 9.17) is 16.3 Å². The van der Waals surface area contributed by atoms with Gasteiger partial charge in [0.2, 0.25) is 5.91 Å². The van der Waals surface area contributed by atoms with Crippen LogP contribution in [0, 0.1) is 13.8 Å². The molecule has 0 bridgehead atoms. The Morgan fingerprint density at radius 2 is 1.82 bits per heavy atom. The quantitative estimate of drug-likeness (QED) is 0.742. The predicted octanol–water partition coefficient (Wildman–Crippen LogP) is 3.81. The lowest BCUT2D eigenvalue weighted by molar-refractivity contribution is -0.138. The lowest BCUT2D eigenvalue weighted by atomic mass is 9.93. The van der Waals surface area contributed by atoms with Crippen molar-refractivity contribution < 1.29 is 14.6 Å². The Hall–Kier alpha value is -1.30. The number of aliphatic hydroxyl groups is 1. The Morgan fingerprint density at radius 3 is 2.36 bits per heavy atom. The molecule has 1 atom stereocenters. The number of carbonyl (C=O) groups excluding carboxylic acids is 1. The van der Waals surface area contributed by atoms with Gasteiger partial charge in [-0.3, -0.25) is 9.69 Å². The monoisotopic (exact) mass is 410 g/mol. The molecule has 1 fully saturated rings. The largest absolute Gasteiger partial charge is 0.491 e. The second kappa shape index (κ2) is 9.47. The Kier molecular flexibility index (Phi) is 7.77. The van der Waals surface area contributed by atoms with Gasteiger partial charge in [-0.05, 0) is 84.2 Å². The second-order valence-electron chi connectivity index (χ2n) is 8.69. The maximum atomic E-state index is 12.8. The highest BCUT2D eigenvalue weighted by Crippen LogP contribution is 2.28. The van der Waals surface area contributed by atoms with E-state index in [1.165, 1.54) is 0 Å². The number of likely N-dealkylation sites (tertiary alicyclic amines) is 1. The van der Waals surface area contributed by atoms with Gasteiger partial charge in [0.15, 0.2) is 0 Å². The topological polar surface area (TPSA) is 53.0 Å². The fourth-order valence-corrected chi connectivity index (χ4v) is 4.22. The third kappa shape index (κ3) is 5.85. The van der Waals surface area contributed by atoms with Gasteiger partial charge >= 0.3 is 0 Å². The van der Waals surface area contributed by atoms with Gasteiger partial charge in [-0.25, -0.2) is 0 Å². The molecule has 1 aromatic rings. The van der Waals surface area contributed by atoms with E-state index < -0.39 is 5.60 Å². The Morgan fingerprint density at radius 1 is 1.25 bits per heavy atom. The normalized spacial score (nSPS) is 20.6. The average Bonchev–Trinajstić information content (AvgIpc) is 2.57. The molecule has 6 heteroatoms. The summed E-state index contributed by atoms with van der Waals surface area (Å²) >= 11 is 6.22. The standard InChI is InChI=1S/C22H35ClN2O3/c1-15(2)25(16(3)4)20(26)12-24-9-7-8-22(27,13-24)14-28-19-10-17(5)21(23)18(6)11-19/h10-11,15-16,27H,7-9,12-14H2,1-6H3. The van der Waals surface area contributed by atoms with E-state index in [1.807, 2.05) is 63.5 Å². The van der Waals surface area contributed by atoms with Gasteiger partial charge in [0.1, 0.15) is 18.0 Å². The summed E-state index contributed by atoms with van der Waals surface area (Å²) in [4.78, 5) is 16.7. The van der Waals surface area contributed by atoms with Gasteiger partial charge in [0.25, 0.3) is 0 Å². The van der Waals surface area contributed by atoms with E-state index in [0.717, 1.165) is 29.1 Å². The highest BCUT2D eigenvalue weighted by atomic mass is 35.5. The minimum absolute atomic E-state index is 0.110. The average molecular weight is 411 g/mol. The first-order valence-electron chi connectivity index (χ1n) is 10.2. The molecule has 1 N–H and O–H groups in total. The first kappa shape index (κ1) is 23.0. The van der Waals surface area contributed by atoms with Crippen LogP contribution in [0.4, 0.5) is 0 Å². The number of aryl methyl sites for hydroxylation is 2. The molecule has 5 nitrogen and oxygen atoms in total. The summed E-state index contributed by atoms with van der Waals surface area (Å²) in [5.41, 5.74) is 0.962. The van der Waals surface area contributed by atoms with Crippen molar-refractivity contribution in [1.29, 1.82) is 0 Å². The van der Waals surface area contributed by atoms with Gasteiger partial charge in [-0.1, -0.05) is 11.6 Å². The molecule has 0 saturated carbocycles. The number of hydrogen-bond donors (Lipinski definition) is 1.